The minimum Gasteiger partial charge on any atom is -0.493 e. The first-order valence-corrected chi connectivity index (χ1v) is 14.3. The molecule has 0 bridgehead atoms. The van der Waals surface area contributed by atoms with Crippen LogP contribution in [0.3, 0.4) is 0 Å². The predicted octanol–water partition coefficient (Wildman–Crippen LogP) is 6.98. The first-order valence-electron chi connectivity index (χ1n) is 14.3. The van der Waals surface area contributed by atoms with Gasteiger partial charge in [-0.3, -0.25) is 0 Å². The Morgan fingerprint density at radius 1 is 0.929 bits per heavy atom. The van der Waals surface area contributed by atoms with E-state index >= 15 is 0 Å². The van der Waals surface area contributed by atoms with Crippen LogP contribution in [0.4, 0.5) is 0 Å². The maximum atomic E-state index is 12.8. The van der Waals surface area contributed by atoms with E-state index in [0.29, 0.717) is 65.8 Å². The maximum Gasteiger partial charge on any atom is 0.343 e. The van der Waals surface area contributed by atoms with E-state index in [4.69, 9.17) is 29.4 Å². The molecule has 0 saturated carbocycles. The smallest absolute Gasteiger partial charge is 0.343 e. The highest BCUT2D eigenvalue weighted by Gasteiger charge is 2.32. The largest absolute Gasteiger partial charge is 0.493 e. The molecule has 0 amide bonds. The van der Waals surface area contributed by atoms with Gasteiger partial charge in [-0.25, -0.2) is 4.79 Å². The van der Waals surface area contributed by atoms with E-state index < -0.39 is 11.9 Å². The van der Waals surface area contributed by atoms with E-state index in [1.54, 1.807) is 42.5 Å². The fraction of sp³-hybridized carbons (Fsp3) is 0.353. The number of allylic oxidation sites excluding steroid dienone is 1. The summed E-state index contributed by atoms with van der Waals surface area (Å²) in [5, 5.41) is 9.99. The highest BCUT2D eigenvalue weighted by molar-refractivity contribution is 5.91. The van der Waals surface area contributed by atoms with E-state index in [2.05, 4.69) is 33.8 Å². The molecule has 2 N–H and O–H groups in total. The Labute approximate surface area is 247 Å². The lowest BCUT2D eigenvalue weighted by molar-refractivity contribution is 0.0734. The van der Waals surface area contributed by atoms with Gasteiger partial charge >= 0.3 is 5.97 Å². The van der Waals surface area contributed by atoms with Crippen molar-refractivity contribution in [3.05, 3.63) is 88.8 Å². The van der Waals surface area contributed by atoms with Crippen LogP contribution in [-0.2, 0) is 0 Å². The Bertz CT molecular complexity index is 1470. The standard InChI is InChI=1S/C34H38N2O6/c1-6-38-31-17-24(9-14-29(31)39-16-15-21(2)3)32-27-13-12-26(18-30(27)42-33(36)28(32)19-35)41-34(37)23-7-10-25(11-8-23)40-20-22(4)5/h7-14,17-18,21-22,32H,6,15-16,20,36H2,1-5H3. The first-order chi connectivity index (χ1) is 20.2. The maximum absolute atomic E-state index is 12.8. The van der Waals surface area contributed by atoms with Crippen molar-refractivity contribution in [1.82, 2.24) is 0 Å². The van der Waals surface area contributed by atoms with Crippen LogP contribution in [-0.4, -0.2) is 25.8 Å². The highest BCUT2D eigenvalue weighted by atomic mass is 16.5. The number of hydrogen-bond donors (Lipinski definition) is 1. The lowest BCUT2D eigenvalue weighted by Crippen LogP contribution is -2.21. The topological polar surface area (TPSA) is 113 Å². The van der Waals surface area contributed by atoms with Gasteiger partial charge in [0.2, 0.25) is 5.88 Å². The third-order valence-corrected chi connectivity index (χ3v) is 6.63. The number of benzene rings is 3. The van der Waals surface area contributed by atoms with Crippen molar-refractivity contribution >= 4 is 5.97 Å². The molecule has 42 heavy (non-hydrogen) atoms. The summed E-state index contributed by atoms with van der Waals surface area (Å²) in [6, 6.07) is 19.7. The predicted molar refractivity (Wildman–Crippen MR) is 160 cm³/mol. The van der Waals surface area contributed by atoms with Crippen molar-refractivity contribution in [2.24, 2.45) is 17.6 Å². The van der Waals surface area contributed by atoms with Crippen molar-refractivity contribution in [2.75, 3.05) is 19.8 Å². The lowest BCUT2D eigenvalue weighted by Gasteiger charge is -2.27. The normalized spacial score (nSPS) is 14.2. The Balaban J connectivity index is 1.58. The number of hydrogen-bond acceptors (Lipinski definition) is 8. The van der Waals surface area contributed by atoms with Gasteiger partial charge in [-0.15, -0.1) is 0 Å². The summed E-state index contributed by atoms with van der Waals surface area (Å²) >= 11 is 0. The second-order valence-corrected chi connectivity index (χ2v) is 10.9. The molecule has 0 radical (unpaired) electrons. The molecule has 1 heterocycles. The van der Waals surface area contributed by atoms with Crippen molar-refractivity contribution in [3.8, 4) is 34.8 Å². The molecular formula is C34H38N2O6. The molecule has 3 aromatic carbocycles. The van der Waals surface area contributed by atoms with Gasteiger partial charge in [0.25, 0.3) is 0 Å². The van der Waals surface area contributed by atoms with Crippen molar-refractivity contribution in [3.63, 3.8) is 0 Å². The van der Waals surface area contributed by atoms with Crippen LogP contribution in [0.2, 0.25) is 0 Å². The molecule has 4 rings (SSSR count). The molecule has 1 aliphatic rings. The third-order valence-electron chi connectivity index (χ3n) is 6.63. The third kappa shape index (κ3) is 7.35. The molecular weight excluding hydrogens is 532 g/mol. The summed E-state index contributed by atoms with van der Waals surface area (Å²) in [6.07, 6.45) is 0.920. The zero-order chi connectivity index (χ0) is 30.2. The summed E-state index contributed by atoms with van der Waals surface area (Å²) in [7, 11) is 0. The fourth-order valence-corrected chi connectivity index (χ4v) is 4.45. The van der Waals surface area contributed by atoms with Gasteiger partial charge in [-0.2, -0.15) is 5.26 Å². The van der Waals surface area contributed by atoms with Crippen LogP contribution in [0.25, 0.3) is 0 Å². The summed E-state index contributed by atoms with van der Waals surface area (Å²) in [6.45, 7) is 12.0. The molecule has 0 fully saturated rings. The highest BCUT2D eigenvalue weighted by Crippen LogP contribution is 2.45. The average Bonchev–Trinajstić information content (AvgIpc) is 2.96. The zero-order valence-corrected chi connectivity index (χ0v) is 24.8. The number of ether oxygens (including phenoxy) is 5. The van der Waals surface area contributed by atoms with Gasteiger partial charge in [0.05, 0.1) is 31.3 Å². The summed E-state index contributed by atoms with van der Waals surface area (Å²) in [5.41, 5.74) is 8.38. The Hall–Kier alpha value is -4.64. The van der Waals surface area contributed by atoms with E-state index in [1.165, 1.54) is 0 Å². The van der Waals surface area contributed by atoms with Crippen LogP contribution in [0, 0.1) is 23.2 Å². The van der Waals surface area contributed by atoms with Gasteiger partial charge in [0.1, 0.15) is 28.9 Å². The van der Waals surface area contributed by atoms with E-state index in [9.17, 15) is 10.1 Å². The molecule has 0 aromatic heterocycles. The molecule has 0 spiro atoms. The van der Waals surface area contributed by atoms with Crippen LogP contribution >= 0.6 is 0 Å². The molecule has 8 nitrogen and oxygen atoms in total. The number of rotatable bonds is 12. The van der Waals surface area contributed by atoms with E-state index in [0.717, 1.165) is 12.0 Å². The Morgan fingerprint density at radius 2 is 1.67 bits per heavy atom. The van der Waals surface area contributed by atoms with E-state index in [1.807, 2.05) is 25.1 Å². The lowest BCUT2D eigenvalue weighted by atomic mass is 9.83. The first kappa shape index (κ1) is 30.3. The Morgan fingerprint density at radius 3 is 2.33 bits per heavy atom. The summed E-state index contributed by atoms with van der Waals surface area (Å²) in [4.78, 5) is 12.8. The van der Waals surface area contributed by atoms with Gasteiger partial charge in [0, 0.05) is 11.6 Å². The van der Waals surface area contributed by atoms with Crippen molar-refractivity contribution in [2.45, 2.75) is 47.0 Å². The van der Waals surface area contributed by atoms with Crippen LogP contribution in [0.5, 0.6) is 28.7 Å². The number of esters is 1. The fourth-order valence-electron chi connectivity index (χ4n) is 4.45. The number of nitrogens with zero attached hydrogens (tertiary/aromatic N) is 1. The minimum absolute atomic E-state index is 0.00863. The molecule has 1 aliphatic heterocycles. The van der Waals surface area contributed by atoms with Gasteiger partial charge in [-0.1, -0.05) is 39.8 Å². The molecule has 3 aromatic rings. The summed E-state index contributed by atoms with van der Waals surface area (Å²) < 4.78 is 29.0. The number of fused-ring (bicyclic) bond motifs is 1. The van der Waals surface area contributed by atoms with Gasteiger partial charge in [0.15, 0.2) is 11.5 Å². The number of nitrogens with two attached hydrogens (primary N) is 1. The summed E-state index contributed by atoms with van der Waals surface area (Å²) in [5.74, 6) is 2.48. The quantitative estimate of drug-likeness (QED) is 0.183. The second-order valence-electron chi connectivity index (χ2n) is 10.9. The van der Waals surface area contributed by atoms with Crippen LogP contribution in [0.1, 0.15) is 68.4 Å². The minimum atomic E-state index is -0.520. The van der Waals surface area contributed by atoms with Crippen LogP contribution < -0.4 is 29.4 Å². The number of nitriles is 1. The molecule has 1 atom stereocenters. The van der Waals surface area contributed by atoms with Gasteiger partial charge < -0.3 is 29.4 Å². The van der Waals surface area contributed by atoms with Crippen molar-refractivity contribution in [1.29, 1.82) is 5.26 Å². The monoisotopic (exact) mass is 570 g/mol. The molecule has 8 heteroatoms. The van der Waals surface area contributed by atoms with Crippen LogP contribution in [0.15, 0.2) is 72.1 Å². The SMILES string of the molecule is CCOc1cc(C2C(C#N)=C(N)Oc3cc(OC(=O)c4ccc(OCC(C)C)cc4)ccc32)ccc1OCCC(C)C. The Kier molecular flexibility index (Phi) is 9.98. The number of carbonyl (C=O) groups excluding carboxylic acids is 1. The molecule has 220 valence electrons. The van der Waals surface area contributed by atoms with Crippen molar-refractivity contribution < 1.29 is 28.5 Å². The van der Waals surface area contributed by atoms with Gasteiger partial charge in [-0.05, 0) is 73.2 Å². The second kappa shape index (κ2) is 13.8. The molecule has 1 unspecified atom stereocenters. The number of carbonyl (C=O) groups is 1. The van der Waals surface area contributed by atoms with E-state index in [-0.39, 0.29) is 17.2 Å². The average molecular weight is 571 g/mol. The molecule has 0 aliphatic carbocycles. The molecule has 0 saturated heterocycles. The zero-order valence-electron chi connectivity index (χ0n) is 24.8.